The predicted molar refractivity (Wildman–Crippen MR) is 86.7 cm³/mol. The van der Waals surface area contributed by atoms with Crippen molar-refractivity contribution in [3.05, 3.63) is 16.4 Å². The van der Waals surface area contributed by atoms with Crippen molar-refractivity contribution < 1.29 is 4.74 Å². The van der Waals surface area contributed by atoms with Gasteiger partial charge in [-0.15, -0.1) is 0 Å². The molecule has 0 aromatic carbocycles. The van der Waals surface area contributed by atoms with Gasteiger partial charge in [0.15, 0.2) is 0 Å². The van der Waals surface area contributed by atoms with Gasteiger partial charge in [0.05, 0.1) is 11.3 Å². The average Bonchev–Trinajstić information content (AvgIpc) is 2.65. The van der Waals surface area contributed by atoms with Crippen LogP contribution in [0.2, 0.25) is 5.15 Å². The van der Waals surface area contributed by atoms with Crippen LogP contribution in [0, 0.1) is 6.92 Å². The van der Waals surface area contributed by atoms with E-state index in [9.17, 15) is 0 Å². The van der Waals surface area contributed by atoms with E-state index in [0.717, 1.165) is 30.5 Å². The number of nitrogens with zero attached hydrogens (tertiary/aromatic N) is 2. The van der Waals surface area contributed by atoms with Crippen molar-refractivity contribution in [1.29, 1.82) is 0 Å². The van der Waals surface area contributed by atoms with E-state index in [1.807, 2.05) is 14.0 Å². The maximum atomic E-state index is 6.60. The van der Waals surface area contributed by atoms with Gasteiger partial charge in [0.25, 0.3) is 0 Å². The van der Waals surface area contributed by atoms with Gasteiger partial charge in [0.2, 0.25) is 0 Å². The Labute approximate surface area is 133 Å². The van der Waals surface area contributed by atoms with E-state index in [4.69, 9.17) is 22.1 Å². The molecule has 21 heavy (non-hydrogen) atoms. The SMILES string of the molecule is CCOC1(C(N)Cc2c(C)nn(C)c2Cl)CCCCCC1. The molecule has 1 unspecified atom stereocenters. The fourth-order valence-electron chi connectivity index (χ4n) is 3.55. The highest BCUT2D eigenvalue weighted by Gasteiger charge is 2.38. The third-order valence-electron chi connectivity index (χ3n) is 4.75. The molecule has 1 aromatic heterocycles. The van der Waals surface area contributed by atoms with Crippen LogP contribution in [-0.2, 0) is 18.2 Å². The van der Waals surface area contributed by atoms with Crippen molar-refractivity contribution in [2.75, 3.05) is 6.61 Å². The van der Waals surface area contributed by atoms with Gasteiger partial charge in [-0.05, 0) is 33.1 Å². The Balaban J connectivity index is 2.19. The highest BCUT2D eigenvalue weighted by molar-refractivity contribution is 6.30. The minimum atomic E-state index is -0.198. The van der Waals surface area contributed by atoms with Crippen molar-refractivity contribution in [2.24, 2.45) is 12.8 Å². The molecule has 1 heterocycles. The molecule has 0 radical (unpaired) electrons. The van der Waals surface area contributed by atoms with Crippen LogP contribution in [0.15, 0.2) is 0 Å². The predicted octanol–water partition coefficient (Wildman–Crippen LogP) is 3.38. The summed E-state index contributed by atoms with van der Waals surface area (Å²) in [5.74, 6) is 0. The van der Waals surface area contributed by atoms with E-state index in [1.54, 1.807) is 4.68 Å². The maximum absolute atomic E-state index is 6.60. The molecule has 1 aromatic rings. The van der Waals surface area contributed by atoms with Gasteiger partial charge in [-0.2, -0.15) is 5.10 Å². The first-order valence-electron chi connectivity index (χ1n) is 8.07. The van der Waals surface area contributed by atoms with Crippen LogP contribution in [0.25, 0.3) is 0 Å². The Morgan fingerprint density at radius 2 is 1.95 bits per heavy atom. The number of nitrogens with two attached hydrogens (primary N) is 1. The van der Waals surface area contributed by atoms with Crippen LogP contribution in [0.1, 0.15) is 56.7 Å². The fourth-order valence-corrected chi connectivity index (χ4v) is 3.80. The Bertz CT molecular complexity index is 464. The smallest absolute Gasteiger partial charge is 0.130 e. The molecule has 1 aliphatic carbocycles. The van der Waals surface area contributed by atoms with Crippen molar-refractivity contribution in [2.45, 2.75) is 70.4 Å². The van der Waals surface area contributed by atoms with E-state index in [2.05, 4.69) is 12.0 Å². The quantitative estimate of drug-likeness (QED) is 0.848. The molecule has 2 rings (SSSR count). The number of ether oxygens (including phenoxy) is 1. The molecule has 1 fully saturated rings. The molecular weight excluding hydrogens is 286 g/mol. The van der Waals surface area contributed by atoms with Crippen molar-refractivity contribution in [3.8, 4) is 0 Å². The van der Waals surface area contributed by atoms with E-state index in [1.165, 1.54) is 25.7 Å². The summed E-state index contributed by atoms with van der Waals surface area (Å²) >= 11 is 6.36. The van der Waals surface area contributed by atoms with Gasteiger partial charge in [-0.25, -0.2) is 0 Å². The Morgan fingerprint density at radius 3 is 2.43 bits per heavy atom. The minimum absolute atomic E-state index is 0.0315. The number of aryl methyl sites for hydroxylation is 2. The lowest BCUT2D eigenvalue weighted by atomic mass is 9.83. The van der Waals surface area contributed by atoms with Crippen molar-refractivity contribution >= 4 is 11.6 Å². The second kappa shape index (κ2) is 7.12. The standard InChI is InChI=1S/C16H28ClN3O/c1-4-21-16(9-7-5-6-8-10-16)14(18)11-13-12(2)19-20(3)15(13)17/h14H,4-11,18H2,1-3H3. The molecule has 0 spiro atoms. The van der Waals surface area contributed by atoms with Gasteiger partial charge >= 0.3 is 0 Å². The first-order chi connectivity index (χ1) is 10.00. The molecule has 1 atom stereocenters. The first kappa shape index (κ1) is 16.8. The lowest BCUT2D eigenvalue weighted by Crippen LogP contribution is -2.51. The van der Waals surface area contributed by atoms with Gasteiger partial charge in [0, 0.05) is 25.3 Å². The number of aromatic nitrogens is 2. The zero-order chi connectivity index (χ0) is 15.5. The number of rotatable bonds is 5. The number of hydrogen-bond acceptors (Lipinski definition) is 3. The topological polar surface area (TPSA) is 53.1 Å². The molecular formula is C16H28ClN3O. The molecule has 1 saturated carbocycles. The van der Waals surface area contributed by atoms with Crippen molar-refractivity contribution in [3.63, 3.8) is 0 Å². The first-order valence-corrected chi connectivity index (χ1v) is 8.45. The highest BCUT2D eigenvalue weighted by atomic mass is 35.5. The van der Waals surface area contributed by atoms with Crippen molar-refractivity contribution in [1.82, 2.24) is 9.78 Å². The summed E-state index contributed by atoms with van der Waals surface area (Å²) in [5.41, 5.74) is 8.44. The lowest BCUT2D eigenvalue weighted by Gasteiger charge is -2.38. The minimum Gasteiger partial charge on any atom is -0.374 e. The van der Waals surface area contributed by atoms with E-state index in [0.29, 0.717) is 11.8 Å². The Morgan fingerprint density at radius 1 is 1.33 bits per heavy atom. The van der Waals surface area contributed by atoms with Crippen LogP contribution < -0.4 is 5.73 Å². The highest BCUT2D eigenvalue weighted by Crippen LogP contribution is 2.35. The zero-order valence-electron chi connectivity index (χ0n) is 13.5. The fraction of sp³-hybridized carbons (Fsp3) is 0.812. The molecule has 0 amide bonds. The summed E-state index contributed by atoms with van der Waals surface area (Å²) in [4.78, 5) is 0. The molecule has 120 valence electrons. The third kappa shape index (κ3) is 3.61. The van der Waals surface area contributed by atoms with Gasteiger partial charge in [-0.1, -0.05) is 37.3 Å². The Hall–Kier alpha value is -0.580. The zero-order valence-corrected chi connectivity index (χ0v) is 14.2. The summed E-state index contributed by atoms with van der Waals surface area (Å²) in [6.07, 6.45) is 7.82. The second-order valence-electron chi connectivity index (χ2n) is 6.20. The average molecular weight is 314 g/mol. The van der Waals surface area contributed by atoms with E-state index in [-0.39, 0.29) is 11.6 Å². The van der Waals surface area contributed by atoms with Gasteiger partial charge in [-0.3, -0.25) is 4.68 Å². The molecule has 0 saturated heterocycles. The summed E-state index contributed by atoms with van der Waals surface area (Å²) in [6, 6.07) is -0.0315. The summed E-state index contributed by atoms with van der Waals surface area (Å²) in [5, 5.41) is 5.08. The molecule has 1 aliphatic rings. The van der Waals surface area contributed by atoms with Crippen LogP contribution >= 0.6 is 11.6 Å². The second-order valence-corrected chi connectivity index (χ2v) is 6.56. The molecule has 2 N–H and O–H groups in total. The van der Waals surface area contributed by atoms with E-state index < -0.39 is 0 Å². The monoisotopic (exact) mass is 313 g/mol. The van der Waals surface area contributed by atoms with Gasteiger partial charge < -0.3 is 10.5 Å². The molecule has 0 aliphatic heterocycles. The lowest BCUT2D eigenvalue weighted by molar-refractivity contribution is -0.0683. The summed E-state index contributed by atoms with van der Waals surface area (Å²) in [6.45, 7) is 4.77. The van der Waals surface area contributed by atoms with Crippen LogP contribution in [0.5, 0.6) is 0 Å². The largest absolute Gasteiger partial charge is 0.374 e. The maximum Gasteiger partial charge on any atom is 0.130 e. The van der Waals surface area contributed by atoms with E-state index >= 15 is 0 Å². The Kier molecular flexibility index (Phi) is 5.69. The number of hydrogen-bond donors (Lipinski definition) is 1. The molecule has 0 bridgehead atoms. The summed E-state index contributed by atoms with van der Waals surface area (Å²) in [7, 11) is 1.87. The molecule has 4 nitrogen and oxygen atoms in total. The van der Waals surface area contributed by atoms with Gasteiger partial charge in [0.1, 0.15) is 5.15 Å². The van der Waals surface area contributed by atoms with Crippen LogP contribution in [0.4, 0.5) is 0 Å². The summed E-state index contributed by atoms with van der Waals surface area (Å²) < 4.78 is 7.90. The van der Waals surface area contributed by atoms with Crippen LogP contribution in [-0.4, -0.2) is 28.0 Å². The molecule has 5 heteroatoms. The van der Waals surface area contributed by atoms with Crippen LogP contribution in [0.3, 0.4) is 0 Å². The normalized spacial score (nSPS) is 20.2. The third-order valence-corrected chi connectivity index (χ3v) is 5.22. The number of halogens is 1.